The van der Waals surface area contributed by atoms with Crippen molar-refractivity contribution in [2.75, 3.05) is 53.3 Å². The van der Waals surface area contributed by atoms with E-state index in [1.807, 2.05) is 0 Å². The highest BCUT2D eigenvalue weighted by molar-refractivity contribution is 8.00. The van der Waals surface area contributed by atoms with Gasteiger partial charge in [-0.25, -0.2) is 9.18 Å². The number of amides is 1. The Kier molecular flexibility index (Phi) is 14.5. The summed E-state index contributed by atoms with van der Waals surface area (Å²) in [6.45, 7) is 3.78. The number of methoxy groups -OCH3 is 1. The third kappa shape index (κ3) is 11.3. The summed E-state index contributed by atoms with van der Waals surface area (Å²) in [5.41, 5.74) is 7.88. The molecule has 1 aromatic carbocycles. The summed E-state index contributed by atoms with van der Waals surface area (Å²) >= 11 is 7.17. The van der Waals surface area contributed by atoms with Gasteiger partial charge in [-0.05, 0) is 24.9 Å². The molecule has 12 nitrogen and oxygen atoms in total. The van der Waals surface area contributed by atoms with Crippen LogP contribution in [-0.2, 0) is 19.0 Å². The molecule has 0 aliphatic rings. The highest BCUT2D eigenvalue weighted by atomic mass is 35.5. The molecular weight excluding hydrogens is 543 g/mol. The molecule has 0 spiro atoms. The number of carbonyl (C=O) groups is 1. The number of benzene rings is 1. The Balaban J connectivity index is 1.89. The van der Waals surface area contributed by atoms with E-state index in [9.17, 15) is 14.0 Å². The standard InChI is InChI=1S/C23H30ClFN6O6S/c1-15(17-4-3-16(34-2)13-19(17)25)29-21(32)20(38-22-18(24)14-27-23(33)30-22)5-7-35-9-11-37-12-10-36-8-6-28-31-26/h3-4,13-15,20H,5-12H2,1-2H3,(H,29,32)(H,27,30,33)/t15-,20-/m1/s1. The summed E-state index contributed by atoms with van der Waals surface area (Å²) in [7, 11) is 1.44. The van der Waals surface area contributed by atoms with E-state index in [1.165, 1.54) is 19.4 Å². The Bertz CT molecular complexity index is 1140. The van der Waals surface area contributed by atoms with Crippen LogP contribution >= 0.6 is 23.4 Å². The van der Waals surface area contributed by atoms with E-state index in [1.54, 1.807) is 19.1 Å². The van der Waals surface area contributed by atoms with E-state index in [4.69, 9.17) is 36.1 Å². The van der Waals surface area contributed by atoms with Crippen LogP contribution in [0.1, 0.15) is 24.9 Å². The number of hydrogen-bond donors (Lipinski definition) is 2. The topological polar surface area (TPSA) is 161 Å². The quantitative estimate of drug-likeness (QED) is 0.0683. The molecule has 1 amide bonds. The lowest BCUT2D eigenvalue weighted by Crippen LogP contribution is -2.36. The molecule has 208 valence electrons. The molecule has 0 bridgehead atoms. The second-order valence-corrected chi connectivity index (χ2v) is 9.26. The first-order valence-electron chi connectivity index (χ1n) is 11.7. The first-order chi connectivity index (χ1) is 18.3. The zero-order valence-electron chi connectivity index (χ0n) is 21.0. The van der Waals surface area contributed by atoms with Crippen molar-refractivity contribution in [2.24, 2.45) is 5.11 Å². The van der Waals surface area contributed by atoms with Gasteiger partial charge in [-0.15, -0.1) is 0 Å². The Morgan fingerprint density at radius 2 is 1.92 bits per heavy atom. The Morgan fingerprint density at radius 1 is 1.24 bits per heavy atom. The molecule has 0 radical (unpaired) electrons. The van der Waals surface area contributed by atoms with Crippen molar-refractivity contribution in [3.05, 3.63) is 61.7 Å². The lowest BCUT2D eigenvalue weighted by Gasteiger charge is -2.21. The Hall–Kier alpha value is -2.87. The normalized spacial score (nSPS) is 12.4. The first kappa shape index (κ1) is 31.3. The smallest absolute Gasteiger partial charge is 0.346 e. The summed E-state index contributed by atoms with van der Waals surface area (Å²) in [6, 6.07) is 3.77. The number of carbonyl (C=O) groups excluding carboxylic acids is 1. The number of aromatic amines is 1. The molecule has 2 N–H and O–H groups in total. The maximum Gasteiger partial charge on any atom is 0.346 e. The minimum Gasteiger partial charge on any atom is -0.497 e. The van der Waals surface area contributed by atoms with E-state index < -0.39 is 28.7 Å². The van der Waals surface area contributed by atoms with Gasteiger partial charge in [0.05, 0.1) is 56.5 Å². The maximum absolute atomic E-state index is 14.5. The number of H-pyrrole nitrogens is 1. The third-order valence-corrected chi connectivity index (χ3v) is 6.65. The summed E-state index contributed by atoms with van der Waals surface area (Å²) in [5.74, 6) is -0.536. The van der Waals surface area contributed by atoms with Gasteiger partial charge in [0.25, 0.3) is 0 Å². The largest absolute Gasteiger partial charge is 0.497 e. The van der Waals surface area contributed by atoms with Gasteiger partial charge < -0.3 is 29.2 Å². The molecule has 2 aromatic rings. The van der Waals surface area contributed by atoms with Crippen LogP contribution in [0.3, 0.4) is 0 Å². The van der Waals surface area contributed by atoms with E-state index in [2.05, 4.69) is 25.3 Å². The lowest BCUT2D eigenvalue weighted by molar-refractivity contribution is -0.121. The number of nitrogens with one attached hydrogen (secondary N) is 2. The molecule has 0 aliphatic heterocycles. The maximum atomic E-state index is 14.5. The number of azide groups is 1. The van der Waals surface area contributed by atoms with Crippen LogP contribution in [0.4, 0.5) is 4.39 Å². The number of rotatable bonds is 18. The first-order valence-corrected chi connectivity index (χ1v) is 12.9. The van der Waals surface area contributed by atoms with Crippen molar-refractivity contribution in [1.29, 1.82) is 0 Å². The van der Waals surface area contributed by atoms with Crippen LogP contribution < -0.4 is 15.7 Å². The van der Waals surface area contributed by atoms with Crippen molar-refractivity contribution in [3.63, 3.8) is 0 Å². The van der Waals surface area contributed by atoms with Crippen LogP contribution in [-0.4, -0.2) is 74.4 Å². The molecule has 0 aliphatic carbocycles. The van der Waals surface area contributed by atoms with Gasteiger partial charge in [0, 0.05) is 35.9 Å². The van der Waals surface area contributed by atoms with Crippen molar-refractivity contribution in [3.8, 4) is 5.75 Å². The van der Waals surface area contributed by atoms with E-state index in [0.29, 0.717) is 37.7 Å². The number of nitrogens with zero attached hydrogens (tertiary/aromatic N) is 4. The molecule has 2 rings (SSSR count). The van der Waals surface area contributed by atoms with Gasteiger partial charge in [0.1, 0.15) is 16.6 Å². The van der Waals surface area contributed by atoms with Gasteiger partial charge in [-0.3, -0.25) is 4.79 Å². The molecule has 0 unspecified atom stereocenters. The minimum absolute atomic E-state index is 0.192. The molecule has 0 saturated heterocycles. The number of hydrogen-bond acceptors (Lipinski definition) is 9. The highest BCUT2D eigenvalue weighted by Crippen LogP contribution is 2.30. The van der Waals surface area contributed by atoms with Crippen LogP contribution in [0.15, 0.2) is 39.3 Å². The zero-order valence-corrected chi connectivity index (χ0v) is 22.6. The average Bonchev–Trinajstić information content (AvgIpc) is 2.90. The van der Waals surface area contributed by atoms with Gasteiger partial charge >= 0.3 is 5.69 Å². The number of thioether (sulfide) groups is 1. The summed E-state index contributed by atoms with van der Waals surface area (Å²) < 4.78 is 35.7. The molecule has 0 saturated carbocycles. The molecule has 0 fully saturated rings. The number of halogens is 2. The molecule has 38 heavy (non-hydrogen) atoms. The van der Waals surface area contributed by atoms with Crippen molar-refractivity contribution < 1.29 is 28.1 Å². The minimum atomic E-state index is -0.726. The molecule has 2 atom stereocenters. The number of ether oxygens (including phenoxy) is 4. The van der Waals surface area contributed by atoms with Gasteiger partial charge in [0.15, 0.2) is 0 Å². The van der Waals surface area contributed by atoms with Crippen LogP contribution in [0, 0.1) is 5.82 Å². The predicted octanol–water partition coefficient (Wildman–Crippen LogP) is 3.66. The van der Waals surface area contributed by atoms with E-state index >= 15 is 0 Å². The molecule has 15 heteroatoms. The summed E-state index contributed by atoms with van der Waals surface area (Å²) in [6.07, 6.45) is 1.57. The van der Waals surface area contributed by atoms with Gasteiger partial charge in [-0.1, -0.05) is 34.5 Å². The summed E-state index contributed by atoms with van der Waals surface area (Å²) in [4.78, 5) is 33.6. The Labute approximate surface area is 228 Å². The number of aromatic nitrogens is 2. The fraction of sp³-hybridized carbons (Fsp3) is 0.522. The van der Waals surface area contributed by atoms with Gasteiger partial charge in [0.2, 0.25) is 5.91 Å². The van der Waals surface area contributed by atoms with E-state index in [0.717, 1.165) is 11.8 Å². The van der Waals surface area contributed by atoms with E-state index in [-0.39, 0.29) is 36.2 Å². The van der Waals surface area contributed by atoms with Crippen LogP contribution in [0.2, 0.25) is 5.02 Å². The van der Waals surface area contributed by atoms with Crippen LogP contribution in [0.5, 0.6) is 5.75 Å². The fourth-order valence-corrected chi connectivity index (χ4v) is 4.27. The lowest BCUT2D eigenvalue weighted by atomic mass is 10.1. The molecule has 1 heterocycles. The third-order valence-electron chi connectivity index (χ3n) is 4.98. The molecule has 1 aromatic heterocycles. The molecular formula is C23H30ClFN6O6S. The predicted molar refractivity (Wildman–Crippen MR) is 140 cm³/mol. The summed E-state index contributed by atoms with van der Waals surface area (Å²) in [5, 5.41) is 5.83. The second kappa shape index (κ2) is 17.6. The van der Waals surface area contributed by atoms with Crippen molar-refractivity contribution >= 4 is 29.3 Å². The second-order valence-electron chi connectivity index (χ2n) is 7.66. The highest BCUT2D eigenvalue weighted by Gasteiger charge is 2.25. The fourth-order valence-electron chi connectivity index (χ4n) is 3.08. The van der Waals surface area contributed by atoms with Gasteiger partial charge in [-0.2, -0.15) is 4.98 Å². The van der Waals surface area contributed by atoms with Crippen molar-refractivity contribution in [1.82, 2.24) is 15.3 Å². The van der Waals surface area contributed by atoms with Crippen LogP contribution in [0.25, 0.3) is 10.4 Å². The Morgan fingerprint density at radius 3 is 2.58 bits per heavy atom. The average molecular weight is 573 g/mol. The van der Waals surface area contributed by atoms with Crippen molar-refractivity contribution in [2.45, 2.75) is 29.7 Å². The SMILES string of the molecule is COc1ccc([C@@H](C)NC(=O)[C@@H](CCOCCOCCOCCN=[N+]=[N-])Sc2nc(=O)[nH]cc2Cl)c(F)c1. The zero-order chi connectivity index (χ0) is 27.8. The monoisotopic (exact) mass is 572 g/mol.